The molecule has 0 bridgehead atoms. The zero-order chi connectivity index (χ0) is 19.4. The van der Waals surface area contributed by atoms with Crippen molar-refractivity contribution in [1.82, 2.24) is 10.2 Å². The van der Waals surface area contributed by atoms with E-state index in [-0.39, 0.29) is 11.9 Å². The van der Waals surface area contributed by atoms with Crippen molar-refractivity contribution >= 4 is 12.0 Å². The van der Waals surface area contributed by atoms with Crippen LogP contribution in [0.1, 0.15) is 45.6 Å². The summed E-state index contributed by atoms with van der Waals surface area (Å²) in [6.45, 7) is 7.30. The van der Waals surface area contributed by atoms with Crippen LogP contribution in [0.3, 0.4) is 0 Å². The van der Waals surface area contributed by atoms with Crippen molar-refractivity contribution in [3.8, 4) is 0 Å². The Bertz CT molecular complexity index is 656. The monoisotopic (exact) mass is 374 g/mol. The Morgan fingerprint density at radius 2 is 1.96 bits per heavy atom. The lowest BCUT2D eigenvalue weighted by atomic mass is 10.2. The van der Waals surface area contributed by atoms with Gasteiger partial charge in [-0.15, -0.1) is 0 Å². The lowest BCUT2D eigenvalue weighted by Crippen LogP contribution is -2.48. The number of likely N-dealkylation sites (tertiary alicyclic amines) is 1. The molecule has 1 unspecified atom stereocenters. The molecule has 1 saturated heterocycles. The van der Waals surface area contributed by atoms with E-state index in [4.69, 9.17) is 9.47 Å². The first-order valence-corrected chi connectivity index (χ1v) is 9.75. The van der Waals surface area contributed by atoms with Crippen LogP contribution in [-0.2, 0) is 20.9 Å². The summed E-state index contributed by atoms with van der Waals surface area (Å²) in [5.74, 6) is 0.281. The Morgan fingerprint density at radius 1 is 1.22 bits per heavy atom. The number of rotatable bonds is 6. The third-order valence-corrected chi connectivity index (χ3v) is 4.88. The zero-order valence-corrected chi connectivity index (χ0v) is 16.4. The van der Waals surface area contributed by atoms with E-state index in [1.807, 2.05) is 51.1 Å². The van der Waals surface area contributed by atoms with Gasteiger partial charge in [0, 0.05) is 18.5 Å². The van der Waals surface area contributed by atoms with Gasteiger partial charge in [0.25, 0.3) is 0 Å². The Kier molecular flexibility index (Phi) is 6.05. The van der Waals surface area contributed by atoms with Gasteiger partial charge in [-0.05, 0) is 45.6 Å². The molecular weight excluding hydrogens is 344 g/mol. The summed E-state index contributed by atoms with van der Waals surface area (Å²) in [7, 11) is 0. The number of hydrogen-bond acceptors (Lipinski definition) is 4. The van der Waals surface area contributed by atoms with Crippen molar-refractivity contribution in [2.24, 2.45) is 5.92 Å². The molecule has 0 spiro atoms. The van der Waals surface area contributed by atoms with Gasteiger partial charge < -0.3 is 14.8 Å². The van der Waals surface area contributed by atoms with Crippen molar-refractivity contribution in [3.05, 3.63) is 35.9 Å². The first kappa shape index (κ1) is 19.7. The second-order valence-electron chi connectivity index (χ2n) is 8.44. The molecule has 2 amide bonds. The maximum atomic E-state index is 12.6. The second kappa shape index (κ2) is 8.30. The lowest BCUT2D eigenvalue weighted by Gasteiger charge is -2.28. The fourth-order valence-corrected chi connectivity index (χ4v) is 3.37. The van der Waals surface area contributed by atoms with Gasteiger partial charge in [0.1, 0.15) is 11.6 Å². The second-order valence-corrected chi connectivity index (χ2v) is 8.44. The fraction of sp³-hybridized carbons (Fsp3) is 0.619. The number of amides is 2. The van der Waals surface area contributed by atoms with Gasteiger partial charge in [-0.1, -0.05) is 30.3 Å². The highest BCUT2D eigenvalue weighted by Crippen LogP contribution is 2.31. The average Bonchev–Trinajstić information content (AvgIpc) is 3.14. The van der Waals surface area contributed by atoms with Crippen molar-refractivity contribution in [2.45, 2.75) is 64.3 Å². The Morgan fingerprint density at radius 3 is 2.67 bits per heavy atom. The summed E-state index contributed by atoms with van der Waals surface area (Å²) < 4.78 is 11.2. The number of carbonyl (C=O) groups excluding carboxylic acids is 2. The van der Waals surface area contributed by atoms with E-state index in [1.165, 1.54) is 0 Å². The van der Waals surface area contributed by atoms with Crippen LogP contribution in [0, 0.1) is 5.92 Å². The SMILES string of the molecule is CC(C)(C)OC(=O)N1CCCC1C(=O)N[C@@H]1C[C@H]1COCc1ccccc1. The molecule has 0 radical (unpaired) electrons. The van der Waals surface area contributed by atoms with E-state index in [0.29, 0.717) is 32.1 Å². The van der Waals surface area contributed by atoms with Crippen molar-refractivity contribution in [1.29, 1.82) is 0 Å². The topological polar surface area (TPSA) is 67.9 Å². The molecule has 1 N–H and O–H groups in total. The van der Waals surface area contributed by atoms with Crippen molar-refractivity contribution < 1.29 is 19.1 Å². The fourth-order valence-electron chi connectivity index (χ4n) is 3.37. The van der Waals surface area contributed by atoms with E-state index in [1.54, 1.807) is 4.90 Å². The summed E-state index contributed by atoms with van der Waals surface area (Å²) in [5.41, 5.74) is 0.593. The molecule has 0 aromatic heterocycles. The molecule has 2 aliphatic rings. The van der Waals surface area contributed by atoms with E-state index >= 15 is 0 Å². The van der Waals surface area contributed by atoms with Crippen LogP contribution in [-0.4, -0.2) is 47.7 Å². The summed E-state index contributed by atoms with van der Waals surface area (Å²) in [6, 6.07) is 9.78. The summed E-state index contributed by atoms with van der Waals surface area (Å²) in [5, 5.41) is 3.07. The Balaban J connectivity index is 1.40. The molecule has 27 heavy (non-hydrogen) atoms. The normalized spacial score (nSPS) is 24.6. The van der Waals surface area contributed by atoms with Crippen LogP contribution in [0.5, 0.6) is 0 Å². The van der Waals surface area contributed by atoms with Crippen molar-refractivity contribution in [3.63, 3.8) is 0 Å². The van der Waals surface area contributed by atoms with Crippen LogP contribution in [0.15, 0.2) is 30.3 Å². The molecule has 2 fully saturated rings. The van der Waals surface area contributed by atoms with Crippen LogP contribution in [0.25, 0.3) is 0 Å². The predicted octanol–water partition coefficient (Wildman–Crippen LogP) is 3.11. The zero-order valence-electron chi connectivity index (χ0n) is 16.4. The number of nitrogens with one attached hydrogen (secondary N) is 1. The molecule has 6 nitrogen and oxygen atoms in total. The smallest absolute Gasteiger partial charge is 0.410 e. The van der Waals surface area contributed by atoms with Crippen LogP contribution in [0.4, 0.5) is 4.79 Å². The average molecular weight is 374 g/mol. The third-order valence-electron chi connectivity index (χ3n) is 4.88. The molecule has 1 saturated carbocycles. The maximum Gasteiger partial charge on any atom is 0.410 e. The maximum absolute atomic E-state index is 12.6. The Hall–Kier alpha value is -2.08. The minimum atomic E-state index is -0.557. The number of carbonyl (C=O) groups is 2. The first-order chi connectivity index (χ1) is 12.8. The number of hydrogen-bond donors (Lipinski definition) is 1. The largest absolute Gasteiger partial charge is 0.444 e. The minimum absolute atomic E-state index is 0.0751. The lowest BCUT2D eigenvalue weighted by molar-refractivity contribution is -0.125. The van der Waals surface area contributed by atoms with Crippen LogP contribution < -0.4 is 5.32 Å². The molecule has 1 aliphatic heterocycles. The Labute approximate surface area is 161 Å². The molecule has 1 heterocycles. The standard InChI is InChI=1S/C21H30N2O4/c1-21(2,3)27-20(25)23-11-7-10-18(23)19(24)22-17-12-16(17)14-26-13-15-8-5-4-6-9-15/h4-6,8-9,16-18H,7,10-14H2,1-3H3,(H,22,24)/t16-,17+,18?/m0/s1. The van der Waals surface area contributed by atoms with E-state index < -0.39 is 17.7 Å². The highest BCUT2D eigenvalue weighted by atomic mass is 16.6. The predicted molar refractivity (Wildman–Crippen MR) is 102 cm³/mol. The van der Waals surface area contributed by atoms with Crippen molar-refractivity contribution in [2.75, 3.05) is 13.2 Å². The minimum Gasteiger partial charge on any atom is -0.444 e. The third kappa shape index (κ3) is 5.70. The van der Waals surface area contributed by atoms with E-state index in [0.717, 1.165) is 18.4 Å². The highest BCUT2D eigenvalue weighted by Gasteiger charge is 2.42. The molecule has 1 aromatic rings. The van der Waals surface area contributed by atoms with Crippen LogP contribution in [0.2, 0.25) is 0 Å². The molecule has 1 aliphatic carbocycles. The first-order valence-electron chi connectivity index (χ1n) is 9.75. The molecule has 148 valence electrons. The van der Waals surface area contributed by atoms with Crippen LogP contribution >= 0.6 is 0 Å². The molecule has 3 atom stereocenters. The van der Waals surface area contributed by atoms with Gasteiger partial charge in [-0.2, -0.15) is 0 Å². The summed E-state index contributed by atoms with van der Waals surface area (Å²) in [4.78, 5) is 26.5. The van der Waals surface area contributed by atoms with Gasteiger partial charge in [0.15, 0.2) is 0 Å². The van der Waals surface area contributed by atoms with Gasteiger partial charge in [-0.25, -0.2) is 4.79 Å². The van der Waals surface area contributed by atoms with E-state index in [9.17, 15) is 9.59 Å². The van der Waals surface area contributed by atoms with Gasteiger partial charge in [0.05, 0.1) is 13.2 Å². The van der Waals surface area contributed by atoms with E-state index in [2.05, 4.69) is 5.32 Å². The van der Waals surface area contributed by atoms with Gasteiger partial charge >= 0.3 is 6.09 Å². The molecule has 6 heteroatoms. The number of benzene rings is 1. The van der Waals surface area contributed by atoms with Gasteiger partial charge in [0.2, 0.25) is 5.91 Å². The molecular formula is C21H30N2O4. The highest BCUT2D eigenvalue weighted by molar-refractivity contribution is 5.86. The molecule has 3 rings (SSSR count). The number of nitrogens with zero attached hydrogens (tertiary/aromatic N) is 1. The number of ether oxygens (including phenoxy) is 2. The summed E-state index contributed by atoms with van der Waals surface area (Å²) in [6.07, 6.45) is 2.04. The van der Waals surface area contributed by atoms with Gasteiger partial charge in [-0.3, -0.25) is 9.69 Å². The quantitative estimate of drug-likeness (QED) is 0.831. The summed E-state index contributed by atoms with van der Waals surface area (Å²) >= 11 is 0. The molecule has 1 aromatic carbocycles.